The second-order valence-corrected chi connectivity index (χ2v) is 13.2. The van der Waals surface area contributed by atoms with Gasteiger partial charge in [0.15, 0.2) is 0 Å². The Bertz CT molecular complexity index is 1690. The Hall–Kier alpha value is -4.05. The summed E-state index contributed by atoms with van der Waals surface area (Å²) in [5.74, 6) is 0.170. The number of amides is 2. The van der Waals surface area contributed by atoms with E-state index in [4.69, 9.17) is 27.9 Å². The number of halogens is 2. The van der Waals surface area contributed by atoms with E-state index >= 15 is 0 Å². The number of hydrogen-bond donors (Lipinski definition) is 1. The maximum absolute atomic E-state index is 14.3. The van der Waals surface area contributed by atoms with Crippen molar-refractivity contribution in [3.05, 3.63) is 119 Å². The first-order valence-electron chi connectivity index (χ1n) is 15.1. The minimum absolute atomic E-state index is 0.0115. The minimum Gasteiger partial charge on any atom is -0.457 e. The molecule has 0 bridgehead atoms. The van der Waals surface area contributed by atoms with Crippen LogP contribution in [0.1, 0.15) is 38.7 Å². The Morgan fingerprint density at radius 3 is 1.98 bits per heavy atom. The SMILES string of the molecule is CCCCNC(=O)[C@@H](CC)N(Cc1c(Cl)cccc1Cl)C(=O)CN(c1ccc(Oc2ccccc2)cc1)S(=O)(=O)c1ccccc1. The average Bonchev–Trinajstić information content (AvgIpc) is 3.06. The Labute approximate surface area is 280 Å². The number of carbonyl (C=O) groups is 2. The zero-order valence-electron chi connectivity index (χ0n) is 25.7. The van der Waals surface area contributed by atoms with Gasteiger partial charge in [0.25, 0.3) is 10.0 Å². The Morgan fingerprint density at radius 1 is 0.804 bits per heavy atom. The van der Waals surface area contributed by atoms with Crippen LogP contribution >= 0.6 is 23.2 Å². The maximum atomic E-state index is 14.3. The van der Waals surface area contributed by atoms with E-state index in [-0.39, 0.29) is 29.5 Å². The molecule has 1 N–H and O–H groups in total. The van der Waals surface area contributed by atoms with Gasteiger partial charge in [0.05, 0.1) is 10.6 Å². The Kier molecular flexibility index (Phi) is 12.5. The summed E-state index contributed by atoms with van der Waals surface area (Å²) < 4.78 is 35.1. The van der Waals surface area contributed by atoms with Gasteiger partial charge >= 0.3 is 0 Å². The summed E-state index contributed by atoms with van der Waals surface area (Å²) in [5.41, 5.74) is 0.702. The van der Waals surface area contributed by atoms with E-state index in [9.17, 15) is 18.0 Å². The topological polar surface area (TPSA) is 96.0 Å². The Morgan fingerprint density at radius 2 is 1.39 bits per heavy atom. The summed E-state index contributed by atoms with van der Waals surface area (Å²) in [5, 5.41) is 3.56. The number of sulfonamides is 1. The lowest BCUT2D eigenvalue weighted by atomic mass is 10.1. The fourth-order valence-electron chi connectivity index (χ4n) is 4.83. The molecule has 0 unspecified atom stereocenters. The number of anilines is 1. The molecule has 4 rings (SSSR count). The summed E-state index contributed by atoms with van der Waals surface area (Å²) in [6.07, 6.45) is 1.94. The van der Waals surface area contributed by atoms with Crippen LogP contribution in [0, 0.1) is 0 Å². The molecule has 0 aliphatic rings. The predicted octanol–water partition coefficient (Wildman–Crippen LogP) is 7.70. The highest BCUT2D eigenvalue weighted by Gasteiger charge is 2.34. The summed E-state index contributed by atoms with van der Waals surface area (Å²) in [6, 6.07) is 27.6. The fourth-order valence-corrected chi connectivity index (χ4v) is 6.79. The van der Waals surface area contributed by atoms with E-state index in [0.717, 1.165) is 17.1 Å². The molecule has 0 aliphatic heterocycles. The summed E-state index contributed by atoms with van der Waals surface area (Å²) in [4.78, 5) is 29.1. The number of hydrogen-bond acceptors (Lipinski definition) is 5. The first-order chi connectivity index (χ1) is 22.1. The molecule has 0 fully saturated rings. The van der Waals surface area contributed by atoms with Crippen LogP contribution in [0.25, 0.3) is 0 Å². The molecule has 4 aromatic carbocycles. The average molecular weight is 683 g/mol. The van der Waals surface area contributed by atoms with E-state index in [2.05, 4.69) is 5.32 Å². The van der Waals surface area contributed by atoms with E-state index in [1.54, 1.807) is 79.7 Å². The van der Waals surface area contributed by atoms with Crippen molar-refractivity contribution in [2.45, 2.75) is 50.6 Å². The third-order valence-electron chi connectivity index (χ3n) is 7.32. The molecule has 46 heavy (non-hydrogen) atoms. The van der Waals surface area contributed by atoms with Crippen molar-refractivity contribution >= 4 is 50.7 Å². The predicted molar refractivity (Wildman–Crippen MR) is 183 cm³/mol. The maximum Gasteiger partial charge on any atom is 0.264 e. The van der Waals surface area contributed by atoms with Crippen molar-refractivity contribution in [3.63, 3.8) is 0 Å². The Balaban J connectivity index is 1.72. The monoisotopic (exact) mass is 681 g/mol. The van der Waals surface area contributed by atoms with E-state index in [0.29, 0.717) is 33.7 Å². The first-order valence-corrected chi connectivity index (χ1v) is 17.3. The van der Waals surface area contributed by atoms with E-state index < -0.39 is 28.5 Å². The van der Waals surface area contributed by atoms with E-state index in [1.165, 1.54) is 17.0 Å². The van der Waals surface area contributed by atoms with Gasteiger partial charge in [-0.1, -0.05) is 85.9 Å². The van der Waals surface area contributed by atoms with Gasteiger partial charge in [-0.15, -0.1) is 0 Å². The quantitative estimate of drug-likeness (QED) is 0.130. The van der Waals surface area contributed by atoms with Crippen molar-refractivity contribution in [3.8, 4) is 11.5 Å². The number of carbonyl (C=O) groups excluding carboxylic acids is 2. The largest absolute Gasteiger partial charge is 0.457 e. The molecule has 0 aromatic heterocycles. The minimum atomic E-state index is -4.22. The van der Waals surface area contributed by atoms with Gasteiger partial charge in [-0.05, 0) is 73.5 Å². The van der Waals surface area contributed by atoms with Gasteiger partial charge in [-0.25, -0.2) is 8.42 Å². The highest BCUT2D eigenvalue weighted by molar-refractivity contribution is 7.92. The number of para-hydroxylation sites is 1. The number of ether oxygens (including phenoxy) is 1. The molecule has 1 atom stereocenters. The molecule has 2 amide bonds. The van der Waals surface area contributed by atoms with Crippen molar-refractivity contribution in [1.29, 1.82) is 0 Å². The van der Waals surface area contributed by atoms with Crippen LogP contribution < -0.4 is 14.4 Å². The van der Waals surface area contributed by atoms with Crippen molar-refractivity contribution in [2.24, 2.45) is 0 Å². The molecule has 0 heterocycles. The van der Waals surface area contributed by atoms with Crippen LogP contribution in [0.5, 0.6) is 11.5 Å². The van der Waals surface area contributed by atoms with Gasteiger partial charge in [-0.3, -0.25) is 13.9 Å². The molecule has 11 heteroatoms. The lowest BCUT2D eigenvalue weighted by Gasteiger charge is -2.33. The highest BCUT2D eigenvalue weighted by atomic mass is 35.5. The molecule has 8 nitrogen and oxygen atoms in total. The zero-order valence-corrected chi connectivity index (χ0v) is 28.1. The third-order valence-corrected chi connectivity index (χ3v) is 9.82. The van der Waals surface area contributed by atoms with Crippen molar-refractivity contribution in [2.75, 3.05) is 17.4 Å². The van der Waals surface area contributed by atoms with Crippen LogP contribution in [0.15, 0.2) is 108 Å². The summed E-state index contributed by atoms with van der Waals surface area (Å²) in [6.45, 7) is 3.58. The molecular weight excluding hydrogens is 645 g/mol. The second-order valence-electron chi connectivity index (χ2n) is 10.5. The van der Waals surface area contributed by atoms with Crippen LogP contribution in [-0.4, -0.2) is 44.3 Å². The number of nitrogens with zero attached hydrogens (tertiary/aromatic N) is 2. The lowest BCUT2D eigenvalue weighted by molar-refractivity contribution is -0.140. The van der Waals surface area contributed by atoms with Crippen molar-refractivity contribution in [1.82, 2.24) is 10.2 Å². The van der Waals surface area contributed by atoms with Crippen LogP contribution in [-0.2, 0) is 26.2 Å². The molecule has 0 aliphatic carbocycles. The standard InChI is InChI=1S/C35H37Cl2N3O5S/c1-3-5-23-38-35(42)33(4-2)39(24-30-31(36)17-12-18-32(30)37)34(41)25-40(46(43,44)29-15-10-7-11-16-29)26-19-21-28(22-20-26)45-27-13-8-6-9-14-27/h6-22,33H,3-5,23-25H2,1-2H3,(H,38,42)/t33-/m1/s1. The smallest absolute Gasteiger partial charge is 0.264 e. The first kappa shape index (κ1) is 34.8. The van der Waals surface area contributed by atoms with E-state index in [1.807, 2.05) is 25.1 Å². The van der Waals surface area contributed by atoms with Crippen LogP contribution in [0.2, 0.25) is 10.0 Å². The second kappa shape index (κ2) is 16.5. The molecule has 0 saturated heterocycles. The van der Waals surface area contributed by atoms with Gasteiger partial charge in [0.2, 0.25) is 11.8 Å². The zero-order chi connectivity index (χ0) is 33.1. The molecular formula is C35H37Cl2N3O5S. The summed E-state index contributed by atoms with van der Waals surface area (Å²) >= 11 is 13.0. The third kappa shape index (κ3) is 8.81. The molecule has 0 saturated carbocycles. The summed E-state index contributed by atoms with van der Waals surface area (Å²) in [7, 11) is -4.22. The molecule has 0 spiro atoms. The number of nitrogens with one attached hydrogen (secondary N) is 1. The van der Waals surface area contributed by atoms with Crippen molar-refractivity contribution < 1.29 is 22.7 Å². The van der Waals surface area contributed by atoms with Gasteiger partial charge < -0.3 is 15.0 Å². The number of unbranched alkanes of at least 4 members (excludes halogenated alkanes) is 1. The number of benzene rings is 4. The van der Waals surface area contributed by atoms with Crippen LogP contribution in [0.4, 0.5) is 5.69 Å². The molecule has 242 valence electrons. The van der Waals surface area contributed by atoms with Gasteiger partial charge in [0, 0.05) is 28.7 Å². The molecule has 4 aromatic rings. The fraction of sp³-hybridized carbons (Fsp3) is 0.257. The molecule has 0 radical (unpaired) electrons. The lowest BCUT2D eigenvalue weighted by Crippen LogP contribution is -2.52. The number of rotatable bonds is 15. The van der Waals surface area contributed by atoms with Gasteiger partial charge in [-0.2, -0.15) is 0 Å². The normalized spacial score (nSPS) is 11.8. The van der Waals surface area contributed by atoms with Crippen LogP contribution in [0.3, 0.4) is 0 Å². The van der Waals surface area contributed by atoms with Gasteiger partial charge in [0.1, 0.15) is 24.1 Å². The highest BCUT2D eigenvalue weighted by Crippen LogP contribution is 2.30.